The number of anilines is 3. The number of fused-ring (bicyclic) bond motifs is 3. The molecule has 216 valence electrons. The molecule has 3 aliphatic rings. The number of hydrogen-bond donors (Lipinski definition) is 2. The zero-order chi connectivity index (χ0) is 29.1. The van der Waals surface area contributed by atoms with Gasteiger partial charge in [-0.3, -0.25) is 9.52 Å². The van der Waals surface area contributed by atoms with Crippen LogP contribution in [-0.4, -0.2) is 57.5 Å². The molecule has 3 heterocycles. The average Bonchev–Trinajstić information content (AvgIpc) is 3.25. The van der Waals surface area contributed by atoms with E-state index in [-0.39, 0.29) is 35.0 Å². The molecule has 2 saturated heterocycles. The van der Waals surface area contributed by atoms with Crippen molar-refractivity contribution in [2.75, 3.05) is 40.4 Å². The number of phenolic OH excluding ortho intramolecular Hbond substituents is 1. The highest BCUT2D eigenvalue weighted by atomic mass is 32.2. The summed E-state index contributed by atoms with van der Waals surface area (Å²) in [5, 5.41) is 10.1. The van der Waals surface area contributed by atoms with E-state index in [4.69, 9.17) is 4.74 Å². The van der Waals surface area contributed by atoms with E-state index < -0.39 is 10.0 Å². The number of phenols is 1. The molecule has 3 aromatic rings. The Labute approximate surface area is 242 Å². The van der Waals surface area contributed by atoms with Crippen molar-refractivity contribution in [2.45, 2.75) is 57.7 Å². The number of benzene rings is 3. The second-order valence-corrected chi connectivity index (χ2v) is 14.2. The smallest absolute Gasteiger partial charge is 0.258 e. The fraction of sp³-hybridized carbons (Fsp3) is 0.406. The van der Waals surface area contributed by atoms with Crippen LogP contribution in [0.5, 0.6) is 5.75 Å². The van der Waals surface area contributed by atoms with Crippen LogP contribution in [0.15, 0.2) is 54.6 Å². The predicted molar refractivity (Wildman–Crippen MR) is 163 cm³/mol. The number of carbonyl (C=O) groups excluding carboxylic acids is 1. The summed E-state index contributed by atoms with van der Waals surface area (Å²) in [5.41, 5.74) is 6.96. The molecule has 3 aliphatic heterocycles. The molecule has 6 rings (SSSR count). The molecule has 2 atom stereocenters. The Bertz CT molecular complexity index is 1620. The zero-order valence-corrected chi connectivity index (χ0v) is 24.8. The summed E-state index contributed by atoms with van der Waals surface area (Å²) in [6, 6.07) is 17.4. The van der Waals surface area contributed by atoms with Crippen LogP contribution in [-0.2, 0) is 26.6 Å². The quantitative estimate of drug-likeness (QED) is 0.401. The van der Waals surface area contributed by atoms with E-state index in [9.17, 15) is 18.3 Å². The van der Waals surface area contributed by atoms with E-state index in [0.717, 1.165) is 48.9 Å². The number of hydrogen-bond acceptors (Lipinski definition) is 6. The third-order valence-corrected chi connectivity index (χ3v) is 8.92. The molecule has 0 spiro atoms. The summed E-state index contributed by atoms with van der Waals surface area (Å²) in [6.07, 6.45) is 4.45. The monoisotopic (exact) mass is 575 g/mol. The summed E-state index contributed by atoms with van der Waals surface area (Å²) >= 11 is 0. The molecule has 2 unspecified atom stereocenters. The standard InChI is InChI=1S/C32H37N3O5S/c1-32(2,3)22-6-11-26(29(16-22)34-18-24-8-9-25(19-34)40-24)20-5-10-27-21(15-20)13-14-35(31(27)37)23-7-12-30(36)28(17-23)33-41(4,38)39/h5-7,10-12,15-17,24-25,33,36H,8-9,13-14,18-19H2,1-4H3. The minimum absolute atomic E-state index is 0.0230. The Kier molecular flexibility index (Phi) is 6.77. The maximum atomic E-state index is 13.6. The highest BCUT2D eigenvalue weighted by Crippen LogP contribution is 2.40. The van der Waals surface area contributed by atoms with Gasteiger partial charge in [-0.2, -0.15) is 0 Å². The number of rotatable bonds is 5. The number of aromatic hydroxyl groups is 1. The van der Waals surface area contributed by atoms with Gasteiger partial charge in [-0.25, -0.2) is 8.42 Å². The highest BCUT2D eigenvalue weighted by molar-refractivity contribution is 7.92. The molecule has 0 aliphatic carbocycles. The molecule has 9 heteroatoms. The van der Waals surface area contributed by atoms with Gasteiger partial charge in [0.2, 0.25) is 10.0 Å². The number of morpholine rings is 1. The summed E-state index contributed by atoms with van der Waals surface area (Å²) in [5.74, 6) is -0.350. The molecule has 0 aromatic heterocycles. The van der Waals surface area contributed by atoms with Crippen LogP contribution in [0, 0.1) is 0 Å². The third-order valence-electron chi connectivity index (χ3n) is 8.33. The molecule has 2 bridgehead atoms. The van der Waals surface area contributed by atoms with Crippen molar-refractivity contribution in [3.05, 3.63) is 71.3 Å². The molecule has 2 fully saturated rings. The maximum absolute atomic E-state index is 13.6. The van der Waals surface area contributed by atoms with Crippen molar-refractivity contribution in [1.82, 2.24) is 0 Å². The van der Waals surface area contributed by atoms with Crippen molar-refractivity contribution in [1.29, 1.82) is 0 Å². The number of amides is 1. The molecule has 2 N–H and O–H groups in total. The van der Waals surface area contributed by atoms with Gasteiger partial charge in [-0.15, -0.1) is 0 Å². The van der Waals surface area contributed by atoms with Crippen LogP contribution < -0.4 is 14.5 Å². The topological polar surface area (TPSA) is 99.2 Å². The van der Waals surface area contributed by atoms with Gasteiger partial charge in [0, 0.05) is 42.1 Å². The van der Waals surface area contributed by atoms with Gasteiger partial charge in [0.1, 0.15) is 5.75 Å². The summed E-state index contributed by atoms with van der Waals surface area (Å²) in [4.78, 5) is 17.7. The van der Waals surface area contributed by atoms with Gasteiger partial charge in [-0.1, -0.05) is 45.0 Å². The summed E-state index contributed by atoms with van der Waals surface area (Å²) in [6.45, 7) is 8.93. The normalized spacial score (nSPS) is 20.7. The van der Waals surface area contributed by atoms with Gasteiger partial charge in [0.25, 0.3) is 5.91 Å². The Morgan fingerprint density at radius 2 is 1.66 bits per heavy atom. The van der Waals surface area contributed by atoms with Crippen LogP contribution >= 0.6 is 0 Å². The Balaban J connectivity index is 1.33. The van der Waals surface area contributed by atoms with Gasteiger partial charge in [-0.05, 0) is 71.7 Å². The zero-order valence-electron chi connectivity index (χ0n) is 24.0. The van der Waals surface area contributed by atoms with E-state index in [2.05, 4.69) is 54.7 Å². The number of sulfonamides is 1. The minimum Gasteiger partial charge on any atom is -0.506 e. The van der Waals surface area contributed by atoms with Gasteiger partial charge < -0.3 is 19.6 Å². The van der Waals surface area contributed by atoms with E-state index in [1.54, 1.807) is 11.0 Å². The SMILES string of the molecule is CC(C)(C)c1ccc(-c2ccc3c(c2)CCN(c2ccc(O)c(NS(C)(=O)=O)c2)C3=O)c(N2CC3CCC(C2)O3)c1. The molecule has 8 nitrogen and oxygen atoms in total. The molecule has 0 saturated carbocycles. The van der Waals surface area contributed by atoms with E-state index >= 15 is 0 Å². The first kappa shape index (κ1) is 27.6. The molecule has 3 aromatic carbocycles. The summed E-state index contributed by atoms with van der Waals surface area (Å²) in [7, 11) is -3.59. The van der Waals surface area contributed by atoms with E-state index in [0.29, 0.717) is 24.2 Å². The minimum atomic E-state index is -3.59. The lowest BCUT2D eigenvalue weighted by Crippen LogP contribution is -2.43. The third kappa shape index (κ3) is 5.53. The molecule has 0 radical (unpaired) electrons. The molecular weight excluding hydrogens is 538 g/mol. The predicted octanol–water partition coefficient (Wildman–Crippen LogP) is 5.30. The van der Waals surface area contributed by atoms with Crippen molar-refractivity contribution >= 4 is 33.0 Å². The first-order valence-electron chi connectivity index (χ1n) is 14.2. The lowest BCUT2D eigenvalue weighted by molar-refractivity contribution is 0.0305. The lowest BCUT2D eigenvalue weighted by atomic mass is 9.84. The van der Waals surface area contributed by atoms with Gasteiger partial charge in [0.05, 0.1) is 24.2 Å². The molecular formula is C32H37N3O5S. The molecule has 1 amide bonds. The second kappa shape index (κ2) is 10.1. The van der Waals surface area contributed by atoms with Gasteiger partial charge >= 0.3 is 0 Å². The fourth-order valence-electron chi connectivity index (χ4n) is 6.19. The summed E-state index contributed by atoms with van der Waals surface area (Å²) < 4.78 is 31.9. The number of ether oxygens (including phenoxy) is 1. The van der Waals surface area contributed by atoms with Gasteiger partial charge in [0.15, 0.2) is 0 Å². The Morgan fingerprint density at radius 1 is 0.951 bits per heavy atom. The highest BCUT2D eigenvalue weighted by Gasteiger charge is 2.35. The lowest BCUT2D eigenvalue weighted by Gasteiger charge is -2.36. The van der Waals surface area contributed by atoms with Crippen molar-refractivity contribution < 1.29 is 23.1 Å². The average molecular weight is 576 g/mol. The van der Waals surface area contributed by atoms with Crippen molar-refractivity contribution in [3.63, 3.8) is 0 Å². The van der Waals surface area contributed by atoms with Crippen LogP contribution in [0.25, 0.3) is 11.1 Å². The fourth-order valence-corrected chi connectivity index (χ4v) is 6.75. The first-order chi connectivity index (χ1) is 19.4. The Hall–Kier alpha value is -3.56. The van der Waals surface area contributed by atoms with Crippen LogP contribution in [0.4, 0.5) is 17.1 Å². The first-order valence-corrected chi connectivity index (χ1v) is 16.1. The Morgan fingerprint density at radius 3 is 2.34 bits per heavy atom. The van der Waals surface area contributed by atoms with Crippen molar-refractivity contribution in [2.24, 2.45) is 0 Å². The van der Waals surface area contributed by atoms with E-state index in [1.165, 1.54) is 23.4 Å². The molecule has 41 heavy (non-hydrogen) atoms. The van der Waals surface area contributed by atoms with E-state index in [1.807, 2.05) is 12.1 Å². The second-order valence-electron chi connectivity index (χ2n) is 12.5. The van der Waals surface area contributed by atoms with Crippen molar-refractivity contribution in [3.8, 4) is 16.9 Å². The number of nitrogens with one attached hydrogen (secondary N) is 1. The van der Waals surface area contributed by atoms with Crippen LogP contribution in [0.2, 0.25) is 0 Å². The number of carbonyl (C=O) groups is 1. The van der Waals surface area contributed by atoms with Crippen LogP contribution in [0.1, 0.15) is 55.1 Å². The largest absolute Gasteiger partial charge is 0.506 e. The maximum Gasteiger partial charge on any atom is 0.258 e. The van der Waals surface area contributed by atoms with Crippen LogP contribution in [0.3, 0.4) is 0 Å². The number of nitrogens with zero attached hydrogens (tertiary/aromatic N) is 2.